The standard InChI is InChI=1S/C16H12ClN5O3S/c17-12-5-3-9(4-6-12)15-19-16(21-20-15)26-8-11-2-1-10(14(18)23)7-13(11)22(24)25/h1-7H,8H2,(H2,18,23)(H,19,20,21). The van der Waals surface area contributed by atoms with Gasteiger partial charge in [0.2, 0.25) is 11.1 Å². The lowest BCUT2D eigenvalue weighted by Crippen LogP contribution is -2.11. The molecule has 0 aliphatic carbocycles. The van der Waals surface area contributed by atoms with Crippen molar-refractivity contribution in [2.45, 2.75) is 10.9 Å². The molecule has 0 saturated carbocycles. The molecule has 8 nitrogen and oxygen atoms in total. The largest absolute Gasteiger partial charge is 0.366 e. The van der Waals surface area contributed by atoms with E-state index in [2.05, 4.69) is 15.2 Å². The van der Waals surface area contributed by atoms with E-state index in [-0.39, 0.29) is 17.0 Å². The van der Waals surface area contributed by atoms with Crippen molar-refractivity contribution in [2.24, 2.45) is 5.73 Å². The number of primary amides is 1. The third kappa shape index (κ3) is 4.01. The molecule has 1 heterocycles. The minimum atomic E-state index is -0.714. The molecule has 0 saturated heterocycles. The van der Waals surface area contributed by atoms with Gasteiger partial charge in [-0.3, -0.25) is 20.0 Å². The topological polar surface area (TPSA) is 128 Å². The van der Waals surface area contributed by atoms with Gasteiger partial charge in [0.1, 0.15) is 0 Å². The number of aromatic amines is 1. The van der Waals surface area contributed by atoms with Crippen molar-refractivity contribution in [1.82, 2.24) is 15.2 Å². The van der Waals surface area contributed by atoms with Gasteiger partial charge in [0.05, 0.1) is 4.92 Å². The Balaban J connectivity index is 1.76. The van der Waals surface area contributed by atoms with Gasteiger partial charge in [-0.05, 0) is 30.3 Å². The second-order valence-corrected chi connectivity index (χ2v) is 6.61. The minimum absolute atomic E-state index is 0.0911. The summed E-state index contributed by atoms with van der Waals surface area (Å²) in [5.41, 5.74) is 6.36. The Bertz CT molecular complexity index is 974. The lowest BCUT2D eigenvalue weighted by Gasteiger charge is -2.03. The second-order valence-electron chi connectivity index (χ2n) is 5.23. The molecule has 1 aromatic heterocycles. The molecule has 132 valence electrons. The average Bonchev–Trinajstić information content (AvgIpc) is 3.09. The summed E-state index contributed by atoms with van der Waals surface area (Å²) < 4.78 is 0. The van der Waals surface area contributed by atoms with Crippen LogP contribution in [0.3, 0.4) is 0 Å². The number of thioether (sulfide) groups is 1. The molecule has 3 N–H and O–H groups in total. The first-order valence-corrected chi connectivity index (χ1v) is 8.68. The second kappa shape index (κ2) is 7.54. The van der Waals surface area contributed by atoms with Crippen molar-refractivity contribution in [1.29, 1.82) is 0 Å². The Hall–Kier alpha value is -2.91. The van der Waals surface area contributed by atoms with E-state index < -0.39 is 10.8 Å². The maximum atomic E-state index is 11.2. The number of hydrogen-bond acceptors (Lipinski definition) is 6. The van der Waals surface area contributed by atoms with Crippen LogP contribution in [-0.4, -0.2) is 26.0 Å². The van der Waals surface area contributed by atoms with Gasteiger partial charge < -0.3 is 5.73 Å². The number of carbonyl (C=O) groups excluding carboxylic acids is 1. The molecule has 10 heteroatoms. The summed E-state index contributed by atoms with van der Waals surface area (Å²) >= 11 is 7.10. The minimum Gasteiger partial charge on any atom is -0.366 e. The van der Waals surface area contributed by atoms with Crippen molar-refractivity contribution in [3.8, 4) is 11.4 Å². The number of nitrogens with two attached hydrogens (primary N) is 1. The molecule has 0 bridgehead atoms. The Kier molecular flexibility index (Phi) is 5.19. The summed E-state index contributed by atoms with van der Waals surface area (Å²) in [6.45, 7) is 0. The van der Waals surface area contributed by atoms with Gasteiger partial charge in [-0.15, -0.1) is 5.10 Å². The molecule has 0 fully saturated rings. The Morgan fingerprint density at radius 1 is 1.27 bits per heavy atom. The van der Waals surface area contributed by atoms with Crippen molar-refractivity contribution in [2.75, 3.05) is 0 Å². The molecule has 0 aliphatic rings. The first kappa shape index (κ1) is 17.9. The SMILES string of the molecule is NC(=O)c1ccc(CSc2n[nH]c(-c3ccc(Cl)cc3)n2)c([N+](=O)[O-])c1. The van der Waals surface area contributed by atoms with Crippen LogP contribution in [0.5, 0.6) is 0 Å². The summed E-state index contributed by atoms with van der Waals surface area (Å²) in [5, 5.41) is 19.2. The number of nitro groups is 1. The van der Waals surface area contributed by atoms with Gasteiger partial charge in [0, 0.05) is 33.5 Å². The number of rotatable bonds is 6. The molecule has 0 atom stereocenters. The van der Waals surface area contributed by atoms with Gasteiger partial charge >= 0.3 is 0 Å². The van der Waals surface area contributed by atoms with E-state index in [0.717, 1.165) is 5.56 Å². The van der Waals surface area contributed by atoms with Crippen molar-refractivity contribution in [3.05, 3.63) is 68.7 Å². The lowest BCUT2D eigenvalue weighted by molar-refractivity contribution is -0.385. The van der Waals surface area contributed by atoms with E-state index in [1.165, 1.54) is 30.0 Å². The van der Waals surface area contributed by atoms with Crippen LogP contribution in [0.4, 0.5) is 5.69 Å². The van der Waals surface area contributed by atoms with Crippen LogP contribution in [0.1, 0.15) is 15.9 Å². The Labute approximate surface area is 156 Å². The summed E-state index contributed by atoms with van der Waals surface area (Å²) in [7, 11) is 0. The zero-order valence-corrected chi connectivity index (χ0v) is 14.8. The first-order chi connectivity index (χ1) is 12.4. The third-order valence-electron chi connectivity index (χ3n) is 3.51. The van der Waals surface area contributed by atoms with Crippen molar-refractivity contribution < 1.29 is 9.72 Å². The predicted molar refractivity (Wildman–Crippen MR) is 98.0 cm³/mol. The number of nitrogens with one attached hydrogen (secondary N) is 1. The fraction of sp³-hybridized carbons (Fsp3) is 0.0625. The number of hydrogen-bond donors (Lipinski definition) is 2. The number of benzene rings is 2. The van der Waals surface area contributed by atoms with E-state index in [0.29, 0.717) is 21.6 Å². The van der Waals surface area contributed by atoms with E-state index >= 15 is 0 Å². The van der Waals surface area contributed by atoms with Crippen LogP contribution in [0.15, 0.2) is 47.6 Å². The number of halogens is 1. The van der Waals surface area contributed by atoms with Crippen LogP contribution in [-0.2, 0) is 5.75 Å². The average molecular weight is 390 g/mol. The summed E-state index contributed by atoms with van der Waals surface area (Å²) in [4.78, 5) is 26.2. The number of nitro benzene ring substituents is 1. The maximum Gasteiger partial charge on any atom is 0.274 e. The molecular formula is C16H12ClN5O3S. The molecule has 0 spiro atoms. The molecule has 26 heavy (non-hydrogen) atoms. The van der Waals surface area contributed by atoms with E-state index in [1.807, 2.05) is 12.1 Å². The Morgan fingerprint density at radius 3 is 2.65 bits per heavy atom. The number of carbonyl (C=O) groups is 1. The summed E-state index contributed by atoms with van der Waals surface area (Å²) in [5.74, 6) is 0.129. The van der Waals surface area contributed by atoms with Crippen LogP contribution < -0.4 is 5.73 Å². The monoisotopic (exact) mass is 389 g/mol. The summed E-state index contributed by atoms with van der Waals surface area (Å²) in [6, 6.07) is 11.3. The van der Waals surface area contributed by atoms with E-state index in [4.69, 9.17) is 17.3 Å². The molecule has 3 aromatic rings. The highest BCUT2D eigenvalue weighted by Gasteiger charge is 2.17. The van der Waals surface area contributed by atoms with Crippen molar-refractivity contribution in [3.63, 3.8) is 0 Å². The lowest BCUT2D eigenvalue weighted by atomic mass is 10.1. The zero-order valence-electron chi connectivity index (χ0n) is 13.2. The highest BCUT2D eigenvalue weighted by atomic mass is 35.5. The first-order valence-electron chi connectivity index (χ1n) is 7.32. The number of H-pyrrole nitrogens is 1. The predicted octanol–water partition coefficient (Wildman–Crippen LogP) is 3.42. The normalized spacial score (nSPS) is 10.7. The maximum absolute atomic E-state index is 11.2. The molecule has 3 rings (SSSR count). The number of amides is 1. The number of nitrogens with zero attached hydrogens (tertiary/aromatic N) is 3. The molecule has 0 aliphatic heterocycles. The highest BCUT2D eigenvalue weighted by Crippen LogP contribution is 2.28. The van der Waals surface area contributed by atoms with Gasteiger partial charge in [-0.2, -0.15) is 0 Å². The molecule has 0 radical (unpaired) electrons. The van der Waals surface area contributed by atoms with Crippen LogP contribution >= 0.6 is 23.4 Å². The van der Waals surface area contributed by atoms with Crippen LogP contribution in [0.25, 0.3) is 11.4 Å². The fourth-order valence-electron chi connectivity index (χ4n) is 2.20. The molecule has 2 aromatic carbocycles. The molecule has 1 amide bonds. The van der Waals surface area contributed by atoms with Crippen LogP contribution in [0.2, 0.25) is 5.02 Å². The highest BCUT2D eigenvalue weighted by molar-refractivity contribution is 7.98. The van der Waals surface area contributed by atoms with Gasteiger partial charge in [-0.1, -0.05) is 29.4 Å². The van der Waals surface area contributed by atoms with Gasteiger partial charge in [0.25, 0.3) is 5.69 Å². The molecular weight excluding hydrogens is 378 g/mol. The van der Waals surface area contributed by atoms with Crippen LogP contribution in [0, 0.1) is 10.1 Å². The smallest absolute Gasteiger partial charge is 0.274 e. The quantitative estimate of drug-likeness (QED) is 0.377. The molecule has 0 unspecified atom stereocenters. The summed E-state index contributed by atoms with van der Waals surface area (Å²) in [6.07, 6.45) is 0. The Morgan fingerprint density at radius 2 is 2.00 bits per heavy atom. The van der Waals surface area contributed by atoms with E-state index in [9.17, 15) is 14.9 Å². The zero-order chi connectivity index (χ0) is 18.7. The van der Waals surface area contributed by atoms with Gasteiger partial charge in [0.15, 0.2) is 5.82 Å². The van der Waals surface area contributed by atoms with E-state index in [1.54, 1.807) is 12.1 Å². The number of aromatic nitrogens is 3. The van der Waals surface area contributed by atoms with Gasteiger partial charge in [-0.25, -0.2) is 4.98 Å². The third-order valence-corrected chi connectivity index (χ3v) is 4.65. The van der Waals surface area contributed by atoms with Crippen molar-refractivity contribution >= 4 is 35.0 Å². The fourth-order valence-corrected chi connectivity index (χ4v) is 3.12.